The number of rotatable bonds is 5. The Morgan fingerprint density at radius 3 is 2.25 bits per heavy atom. The zero-order valence-electron chi connectivity index (χ0n) is 11.9. The van der Waals surface area contributed by atoms with Gasteiger partial charge in [-0.25, -0.2) is 8.42 Å². The molecule has 1 aliphatic rings. The minimum Gasteiger partial charge on any atom is -0.330 e. The Labute approximate surface area is 121 Å². The van der Waals surface area contributed by atoms with Gasteiger partial charge >= 0.3 is 0 Å². The average molecular weight is 297 g/mol. The van der Waals surface area contributed by atoms with E-state index in [2.05, 4.69) is 17.0 Å². The zero-order chi connectivity index (χ0) is 14.6. The van der Waals surface area contributed by atoms with Crippen molar-refractivity contribution >= 4 is 10.0 Å². The minimum atomic E-state index is -3.05. The lowest BCUT2D eigenvalue weighted by Crippen LogP contribution is -2.49. The molecule has 0 saturated carbocycles. The van der Waals surface area contributed by atoms with Crippen LogP contribution in [0.2, 0.25) is 0 Å². The fraction of sp³-hybridized carbons (Fsp3) is 0.571. The summed E-state index contributed by atoms with van der Waals surface area (Å²) in [6.07, 6.45) is 1.27. The zero-order valence-corrected chi connectivity index (χ0v) is 12.7. The highest BCUT2D eigenvalue weighted by Gasteiger charge is 2.24. The second-order valence-corrected chi connectivity index (χ2v) is 7.29. The Balaban J connectivity index is 1.91. The smallest absolute Gasteiger partial charge is 0.211 e. The molecular formula is C14H23N3O2S. The quantitative estimate of drug-likeness (QED) is 0.849. The first-order valence-corrected chi connectivity index (χ1v) is 8.78. The molecule has 1 aromatic carbocycles. The molecule has 1 saturated heterocycles. The maximum atomic E-state index is 11.5. The molecule has 1 atom stereocenters. The molecule has 1 aliphatic heterocycles. The number of sulfonamides is 1. The molecule has 5 nitrogen and oxygen atoms in total. The van der Waals surface area contributed by atoms with E-state index in [0.29, 0.717) is 25.6 Å². The van der Waals surface area contributed by atoms with E-state index in [1.165, 1.54) is 11.8 Å². The van der Waals surface area contributed by atoms with E-state index in [-0.39, 0.29) is 0 Å². The van der Waals surface area contributed by atoms with Crippen LogP contribution in [0.25, 0.3) is 0 Å². The molecule has 0 amide bonds. The fourth-order valence-electron chi connectivity index (χ4n) is 2.60. The lowest BCUT2D eigenvalue weighted by atomic mass is 9.98. The van der Waals surface area contributed by atoms with E-state index in [1.54, 1.807) is 4.31 Å². The third-order valence-electron chi connectivity index (χ3n) is 3.83. The highest BCUT2D eigenvalue weighted by atomic mass is 32.2. The van der Waals surface area contributed by atoms with E-state index in [1.807, 2.05) is 18.2 Å². The van der Waals surface area contributed by atoms with Crippen molar-refractivity contribution in [2.75, 3.05) is 45.5 Å². The van der Waals surface area contributed by atoms with Crippen LogP contribution in [-0.4, -0.2) is 63.1 Å². The van der Waals surface area contributed by atoms with E-state index < -0.39 is 10.0 Å². The summed E-state index contributed by atoms with van der Waals surface area (Å²) in [6.45, 7) is 4.19. The monoisotopic (exact) mass is 297 g/mol. The highest BCUT2D eigenvalue weighted by Crippen LogP contribution is 2.17. The van der Waals surface area contributed by atoms with Crippen molar-refractivity contribution in [3.8, 4) is 0 Å². The predicted molar refractivity (Wildman–Crippen MR) is 81.1 cm³/mol. The molecular weight excluding hydrogens is 274 g/mol. The predicted octanol–water partition coefficient (Wildman–Crippen LogP) is 0.306. The van der Waals surface area contributed by atoms with Crippen molar-refractivity contribution in [2.45, 2.75) is 5.92 Å². The highest BCUT2D eigenvalue weighted by molar-refractivity contribution is 7.88. The molecule has 1 unspecified atom stereocenters. The van der Waals surface area contributed by atoms with Gasteiger partial charge in [0.15, 0.2) is 0 Å². The van der Waals surface area contributed by atoms with Crippen LogP contribution >= 0.6 is 0 Å². The van der Waals surface area contributed by atoms with Crippen LogP contribution in [0.4, 0.5) is 0 Å². The van der Waals surface area contributed by atoms with Crippen molar-refractivity contribution in [3.05, 3.63) is 35.9 Å². The Hall–Kier alpha value is -0.950. The molecule has 0 aromatic heterocycles. The van der Waals surface area contributed by atoms with Crippen LogP contribution in [0.1, 0.15) is 11.5 Å². The molecule has 0 aliphatic carbocycles. The van der Waals surface area contributed by atoms with E-state index in [9.17, 15) is 8.42 Å². The molecule has 1 fully saturated rings. The minimum absolute atomic E-state index is 0.306. The van der Waals surface area contributed by atoms with Crippen LogP contribution in [0.5, 0.6) is 0 Å². The van der Waals surface area contributed by atoms with Crippen molar-refractivity contribution < 1.29 is 8.42 Å². The van der Waals surface area contributed by atoms with Gasteiger partial charge in [-0.1, -0.05) is 30.3 Å². The number of hydrogen-bond donors (Lipinski definition) is 1. The van der Waals surface area contributed by atoms with Crippen LogP contribution in [-0.2, 0) is 10.0 Å². The second kappa shape index (κ2) is 6.67. The second-order valence-electron chi connectivity index (χ2n) is 5.31. The maximum absolute atomic E-state index is 11.5. The molecule has 1 heterocycles. The van der Waals surface area contributed by atoms with Crippen molar-refractivity contribution in [1.29, 1.82) is 0 Å². The summed E-state index contributed by atoms with van der Waals surface area (Å²) >= 11 is 0. The number of hydrogen-bond acceptors (Lipinski definition) is 4. The Morgan fingerprint density at radius 2 is 1.75 bits per heavy atom. The SMILES string of the molecule is CS(=O)(=O)N1CCN(CC(CN)c2ccccc2)CC1. The van der Waals surface area contributed by atoms with E-state index in [4.69, 9.17) is 5.73 Å². The topological polar surface area (TPSA) is 66.6 Å². The number of benzene rings is 1. The summed E-state index contributed by atoms with van der Waals surface area (Å²) in [4.78, 5) is 2.30. The molecule has 112 valence electrons. The largest absolute Gasteiger partial charge is 0.330 e. The molecule has 1 aromatic rings. The first-order chi connectivity index (χ1) is 9.50. The summed E-state index contributed by atoms with van der Waals surface area (Å²) < 4.78 is 24.5. The third-order valence-corrected chi connectivity index (χ3v) is 5.14. The van der Waals surface area contributed by atoms with Gasteiger partial charge in [-0.2, -0.15) is 4.31 Å². The Bertz CT molecular complexity index is 510. The molecule has 20 heavy (non-hydrogen) atoms. The van der Waals surface area contributed by atoms with E-state index in [0.717, 1.165) is 19.6 Å². The first kappa shape index (κ1) is 15.4. The molecule has 0 bridgehead atoms. The summed E-state index contributed by atoms with van der Waals surface area (Å²) in [5.41, 5.74) is 7.14. The standard InChI is InChI=1S/C14H23N3O2S/c1-20(18,19)17-9-7-16(8-10-17)12-14(11-15)13-5-3-2-4-6-13/h2-6,14H,7-12,15H2,1H3. The lowest BCUT2D eigenvalue weighted by molar-refractivity contribution is 0.180. The molecule has 2 N–H and O–H groups in total. The van der Waals surface area contributed by atoms with Crippen molar-refractivity contribution in [3.63, 3.8) is 0 Å². The van der Waals surface area contributed by atoms with Crippen LogP contribution < -0.4 is 5.73 Å². The van der Waals surface area contributed by atoms with Gasteiger partial charge in [0.1, 0.15) is 0 Å². The van der Waals surface area contributed by atoms with Gasteiger partial charge in [0.05, 0.1) is 6.26 Å². The van der Waals surface area contributed by atoms with Crippen LogP contribution in [0.15, 0.2) is 30.3 Å². The van der Waals surface area contributed by atoms with Crippen molar-refractivity contribution in [1.82, 2.24) is 9.21 Å². The third kappa shape index (κ3) is 4.02. The number of nitrogens with zero attached hydrogens (tertiary/aromatic N) is 2. The summed E-state index contributed by atoms with van der Waals surface area (Å²) in [7, 11) is -3.05. The van der Waals surface area contributed by atoms with Gasteiger partial charge in [-0.15, -0.1) is 0 Å². The lowest BCUT2D eigenvalue weighted by Gasteiger charge is -2.35. The Morgan fingerprint density at radius 1 is 1.15 bits per heavy atom. The van der Waals surface area contributed by atoms with Gasteiger partial charge in [0.25, 0.3) is 0 Å². The number of nitrogens with two attached hydrogens (primary N) is 1. The first-order valence-electron chi connectivity index (χ1n) is 6.93. The van der Waals surface area contributed by atoms with Crippen molar-refractivity contribution in [2.24, 2.45) is 5.73 Å². The normalized spacial score (nSPS) is 19.9. The molecule has 0 spiro atoms. The molecule has 6 heteroatoms. The number of piperazine rings is 1. The molecule has 0 radical (unpaired) electrons. The Kier molecular flexibility index (Phi) is 5.15. The van der Waals surface area contributed by atoms with E-state index >= 15 is 0 Å². The van der Waals surface area contributed by atoms with Gasteiger partial charge in [0.2, 0.25) is 10.0 Å². The molecule has 2 rings (SSSR count). The van der Waals surface area contributed by atoms with Crippen LogP contribution in [0.3, 0.4) is 0 Å². The summed E-state index contributed by atoms with van der Waals surface area (Å²) in [5, 5.41) is 0. The summed E-state index contributed by atoms with van der Waals surface area (Å²) in [6, 6.07) is 10.3. The van der Waals surface area contributed by atoms with Crippen LogP contribution in [0, 0.1) is 0 Å². The van der Waals surface area contributed by atoms with Gasteiger partial charge in [0, 0.05) is 45.2 Å². The van der Waals surface area contributed by atoms with Gasteiger partial charge in [-0.05, 0) is 5.56 Å². The summed E-state index contributed by atoms with van der Waals surface area (Å²) in [5.74, 6) is 0.306. The average Bonchev–Trinajstić information content (AvgIpc) is 2.45. The fourth-order valence-corrected chi connectivity index (χ4v) is 3.42. The maximum Gasteiger partial charge on any atom is 0.211 e. The van der Waals surface area contributed by atoms with Gasteiger partial charge in [-0.3, -0.25) is 0 Å². The van der Waals surface area contributed by atoms with Gasteiger partial charge < -0.3 is 10.6 Å².